The van der Waals surface area contributed by atoms with Crippen molar-refractivity contribution in [1.82, 2.24) is 14.6 Å². The summed E-state index contributed by atoms with van der Waals surface area (Å²) in [6.07, 6.45) is 8.15. The van der Waals surface area contributed by atoms with E-state index in [2.05, 4.69) is 16.9 Å². The van der Waals surface area contributed by atoms with Crippen LogP contribution in [0.3, 0.4) is 0 Å². The number of carbonyl (C=O) groups is 1. The number of amides is 1. The molecule has 1 aromatic rings. The molecule has 6 nitrogen and oxygen atoms in total. The van der Waals surface area contributed by atoms with Crippen LogP contribution in [0.2, 0.25) is 0 Å². The van der Waals surface area contributed by atoms with Crippen LogP contribution in [0.4, 0.5) is 0 Å². The van der Waals surface area contributed by atoms with Crippen molar-refractivity contribution in [3.8, 4) is 0 Å². The standard InChI is InChI=1S/C18H27N3O3S2/c1-4-12-19-18(22)14(2)25-17-11-10-16(13-20-17)26(23,24)21(3)15-8-6-5-7-9-15/h4,10-11,13-15H,1,5-9,12H2,2-3H3,(H,19,22)/t14-/m0/s1. The largest absolute Gasteiger partial charge is 0.352 e. The lowest BCUT2D eigenvalue weighted by Crippen LogP contribution is -2.38. The molecule has 1 atom stereocenters. The van der Waals surface area contributed by atoms with Gasteiger partial charge in [-0.05, 0) is 31.9 Å². The van der Waals surface area contributed by atoms with Gasteiger partial charge in [-0.1, -0.05) is 37.1 Å². The highest BCUT2D eigenvalue weighted by molar-refractivity contribution is 8.00. The van der Waals surface area contributed by atoms with E-state index in [1.807, 2.05) is 0 Å². The minimum absolute atomic E-state index is 0.0661. The summed E-state index contributed by atoms with van der Waals surface area (Å²) in [4.78, 5) is 16.3. The lowest BCUT2D eigenvalue weighted by Gasteiger charge is -2.30. The summed E-state index contributed by atoms with van der Waals surface area (Å²) in [7, 11) is -1.89. The summed E-state index contributed by atoms with van der Waals surface area (Å²) in [5, 5.41) is 3.02. The lowest BCUT2D eigenvalue weighted by molar-refractivity contribution is -0.120. The molecule has 0 radical (unpaired) electrons. The van der Waals surface area contributed by atoms with Crippen LogP contribution in [-0.4, -0.2) is 48.5 Å². The van der Waals surface area contributed by atoms with Crippen molar-refractivity contribution in [3.63, 3.8) is 0 Å². The fraction of sp³-hybridized carbons (Fsp3) is 0.556. The second-order valence-corrected chi connectivity index (χ2v) is 9.80. The minimum atomic E-state index is -3.54. The van der Waals surface area contributed by atoms with Crippen molar-refractivity contribution >= 4 is 27.7 Å². The first-order chi connectivity index (χ1) is 12.4. The van der Waals surface area contributed by atoms with E-state index in [1.165, 1.54) is 28.7 Å². The van der Waals surface area contributed by atoms with Crippen molar-refractivity contribution < 1.29 is 13.2 Å². The highest BCUT2D eigenvalue weighted by Crippen LogP contribution is 2.27. The first-order valence-corrected chi connectivity index (χ1v) is 11.2. The maximum atomic E-state index is 12.8. The number of hydrogen-bond acceptors (Lipinski definition) is 5. The second kappa shape index (κ2) is 9.53. The fourth-order valence-electron chi connectivity index (χ4n) is 2.95. The van der Waals surface area contributed by atoms with Gasteiger partial charge in [-0.3, -0.25) is 4.79 Å². The Morgan fingerprint density at radius 2 is 2.12 bits per heavy atom. The molecule has 0 aromatic carbocycles. The predicted octanol–water partition coefficient (Wildman–Crippen LogP) is 2.82. The molecule has 8 heteroatoms. The molecule has 26 heavy (non-hydrogen) atoms. The number of nitrogens with zero attached hydrogens (tertiary/aromatic N) is 2. The second-order valence-electron chi connectivity index (χ2n) is 6.44. The molecule has 1 aromatic heterocycles. The molecule has 0 aliphatic heterocycles. The number of aromatic nitrogens is 1. The number of carbonyl (C=O) groups excluding carboxylic acids is 1. The van der Waals surface area contributed by atoms with Crippen molar-refractivity contribution in [3.05, 3.63) is 31.0 Å². The number of thioether (sulfide) groups is 1. The minimum Gasteiger partial charge on any atom is -0.352 e. The van der Waals surface area contributed by atoms with Crippen LogP contribution in [-0.2, 0) is 14.8 Å². The maximum absolute atomic E-state index is 12.8. The van der Waals surface area contributed by atoms with Gasteiger partial charge in [0.15, 0.2) is 0 Å². The molecule has 0 spiro atoms. The van der Waals surface area contributed by atoms with Gasteiger partial charge >= 0.3 is 0 Å². The smallest absolute Gasteiger partial charge is 0.244 e. The van der Waals surface area contributed by atoms with Crippen molar-refractivity contribution in [2.45, 2.75) is 60.2 Å². The number of sulfonamides is 1. The highest BCUT2D eigenvalue weighted by atomic mass is 32.2. The first kappa shape index (κ1) is 20.9. The van der Waals surface area contributed by atoms with E-state index in [0.717, 1.165) is 25.7 Å². The van der Waals surface area contributed by atoms with Crippen LogP contribution in [0.5, 0.6) is 0 Å². The molecule has 1 amide bonds. The third kappa shape index (κ3) is 5.31. The van der Waals surface area contributed by atoms with Gasteiger partial charge in [0.2, 0.25) is 15.9 Å². The van der Waals surface area contributed by atoms with Gasteiger partial charge in [0.05, 0.1) is 10.3 Å². The van der Waals surface area contributed by atoms with Gasteiger partial charge in [0, 0.05) is 25.8 Å². The number of nitrogens with one attached hydrogen (secondary N) is 1. The Hall–Kier alpha value is -1.38. The van der Waals surface area contributed by atoms with Crippen LogP contribution in [0.1, 0.15) is 39.0 Å². The third-order valence-corrected chi connectivity index (χ3v) is 7.51. The highest BCUT2D eigenvalue weighted by Gasteiger charge is 2.29. The molecule has 0 saturated heterocycles. The first-order valence-electron chi connectivity index (χ1n) is 8.85. The molecule has 0 unspecified atom stereocenters. The quantitative estimate of drug-likeness (QED) is 0.539. The Balaban J connectivity index is 2.03. The average molecular weight is 398 g/mol. The van der Waals surface area contributed by atoms with Gasteiger partial charge in [-0.25, -0.2) is 13.4 Å². The normalized spacial score (nSPS) is 17.0. The molecule has 1 aliphatic carbocycles. The van der Waals surface area contributed by atoms with Crippen LogP contribution in [0.25, 0.3) is 0 Å². The number of hydrogen-bond donors (Lipinski definition) is 1. The van der Waals surface area contributed by atoms with Gasteiger partial charge < -0.3 is 5.32 Å². The molecule has 1 heterocycles. The molecular formula is C18H27N3O3S2. The van der Waals surface area contributed by atoms with Crippen molar-refractivity contribution in [2.75, 3.05) is 13.6 Å². The Labute approximate surface area is 160 Å². The summed E-state index contributed by atoms with van der Waals surface area (Å²) < 4.78 is 27.1. The van der Waals surface area contributed by atoms with E-state index in [0.29, 0.717) is 11.6 Å². The summed E-state index contributed by atoms with van der Waals surface area (Å²) in [6, 6.07) is 3.29. The van der Waals surface area contributed by atoms with E-state index in [1.54, 1.807) is 32.2 Å². The SMILES string of the molecule is C=CCNC(=O)[C@H](C)Sc1ccc(S(=O)(=O)N(C)C2CCCCC2)cn1. The lowest BCUT2D eigenvalue weighted by atomic mass is 9.96. The molecule has 1 fully saturated rings. The van der Waals surface area contributed by atoms with Gasteiger partial charge in [0.25, 0.3) is 0 Å². The van der Waals surface area contributed by atoms with E-state index < -0.39 is 10.0 Å². The van der Waals surface area contributed by atoms with E-state index in [4.69, 9.17) is 0 Å². The summed E-state index contributed by atoms with van der Waals surface area (Å²) in [6.45, 7) is 5.76. The van der Waals surface area contributed by atoms with Crippen LogP contribution < -0.4 is 5.32 Å². The Kier molecular flexibility index (Phi) is 7.67. The average Bonchev–Trinajstić information content (AvgIpc) is 2.66. The van der Waals surface area contributed by atoms with Crippen LogP contribution in [0, 0.1) is 0 Å². The van der Waals surface area contributed by atoms with E-state index in [-0.39, 0.29) is 22.1 Å². The molecule has 0 bridgehead atoms. The third-order valence-electron chi connectivity index (χ3n) is 4.56. The molecule has 1 N–H and O–H groups in total. The van der Waals surface area contributed by atoms with Crippen LogP contribution in [0.15, 0.2) is 40.9 Å². The topological polar surface area (TPSA) is 79.4 Å². The number of rotatable bonds is 8. The molecule has 1 aliphatic rings. The van der Waals surface area contributed by atoms with Gasteiger partial charge in [-0.2, -0.15) is 4.31 Å². The Morgan fingerprint density at radius 1 is 1.42 bits per heavy atom. The molecule has 2 rings (SSSR count). The predicted molar refractivity (Wildman–Crippen MR) is 105 cm³/mol. The summed E-state index contributed by atoms with van der Waals surface area (Å²) >= 11 is 1.29. The zero-order valence-corrected chi connectivity index (χ0v) is 17.0. The Bertz CT molecular complexity index is 714. The number of pyridine rings is 1. The van der Waals surface area contributed by atoms with Gasteiger partial charge in [-0.15, -0.1) is 6.58 Å². The van der Waals surface area contributed by atoms with Gasteiger partial charge in [0.1, 0.15) is 4.90 Å². The maximum Gasteiger partial charge on any atom is 0.244 e. The van der Waals surface area contributed by atoms with Crippen molar-refractivity contribution in [1.29, 1.82) is 0 Å². The summed E-state index contributed by atoms with van der Waals surface area (Å²) in [5.41, 5.74) is 0. The van der Waals surface area contributed by atoms with Crippen molar-refractivity contribution in [2.24, 2.45) is 0 Å². The van der Waals surface area contributed by atoms with E-state index in [9.17, 15) is 13.2 Å². The zero-order valence-electron chi connectivity index (χ0n) is 15.3. The molecular weight excluding hydrogens is 370 g/mol. The summed E-state index contributed by atoms with van der Waals surface area (Å²) in [5.74, 6) is -0.106. The molecule has 1 saturated carbocycles. The zero-order chi connectivity index (χ0) is 19.2. The fourth-order valence-corrected chi connectivity index (χ4v) is 5.12. The Morgan fingerprint density at radius 3 is 2.69 bits per heavy atom. The molecule has 144 valence electrons. The van der Waals surface area contributed by atoms with Crippen LogP contribution >= 0.6 is 11.8 Å². The van der Waals surface area contributed by atoms with E-state index >= 15 is 0 Å². The monoisotopic (exact) mass is 397 g/mol.